The molecule has 9 nitrogen and oxygen atoms in total. The van der Waals surface area contributed by atoms with Gasteiger partial charge in [0.15, 0.2) is 0 Å². The van der Waals surface area contributed by atoms with Crippen LogP contribution >= 0.6 is 0 Å². The summed E-state index contributed by atoms with van der Waals surface area (Å²) in [6.07, 6.45) is 10.4. The first-order chi connectivity index (χ1) is 23.1. The molecule has 2 aromatic carbocycles. The van der Waals surface area contributed by atoms with E-state index in [1.807, 2.05) is 88.5 Å². The minimum Gasteiger partial charge on any atom is -0.459 e. The Hall–Kier alpha value is -4.14. The van der Waals surface area contributed by atoms with Gasteiger partial charge in [0.1, 0.15) is 24.7 Å². The van der Waals surface area contributed by atoms with Crippen molar-refractivity contribution in [1.82, 2.24) is 20.9 Å². The molecule has 3 atom stereocenters. The molecule has 0 spiro atoms. The molecule has 3 amide bonds. The average molecular weight is 661 g/mol. The van der Waals surface area contributed by atoms with Gasteiger partial charge in [0.05, 0.1) is 0 Å². The second kappa shape index (κ2) is 20.3. The minimum absolute atomic E-state index is 0.0718. The summed E-state index contributed by atoms with van der Waals surface area (Å²) >= 11 is 0. The Morgan fingerprint density at radius 1 is 0.750 bits per heavy atom. The van der Waals surface area contributed by atoms with Gasteiger partial charge in [-0.15, -0.1) is 0 Å². The maximum atomic E-state index is 13.9. The van der Waals surface area contributed by atoms with Crippen molar-refractivity contribution in [2.45, 2.75) is 124 Å². The number of ether oxygens (including phenoxy) is 1. The third-order valence-electron chi connectivity index (χ3n) is 8.54. The number of carbonyl (C=O) groups excluding carboxylic acids is 4. The quantitative estimate of drug-likeness (QED) is 0.0742. The number of aromatic amines is 1. The maximum absolute atomic E-state index is 13.9. The van der Waals surface area contributed by atoms with Crippen LogP contribution in [0.2, 0.25) is 0 Å². The van der Waals surface area contributed by atoms with Crippen LogP contribution in [0, 0.1) is 11.8 Å². The molecule has 3 aromatic rings. The highest BCUT2D eigenvalue weighted by Gasteiger charge is 2.32. The number of rotatable bonds is 21. The fraction of sp³-hybridized carbons (Fsp3) is 0.538. The number of aromatic nitrogens is 1. The zero-order chi connectivity index (χ0) is 34.9. The van der Waals surface area contributed by atoms with E-state index in [9.17, 15) is 19.2 Å². The van der Waals surface area contributed by atoms with E-state index in [1.165, 1.54) is 25.7 Å². The first-order valence-corrected chi connectivity index (χ1v) is 17.7. The van der Waals surface area contributed by atoms with Crippen molar-refractivity contribution in [1.29, 1.82) is 0 Å². The molecule has 48 heavy (non-hydrogen) atoms. The van der Waals surface area contributed by atoms with Crippen LogP contribution in [0.3, 0.4) is 0 Å². The summed E-state index contributed by atoms with van der Waals surface area (Å²) in [7, 11) is 0. The van der Waals surface area contributed by atoms with Crippen molar-refractivity contribution in [3.63, 3.8) is 0 Å². The Morgan fingerprint density at radius 3 is 2.08 bits per heavy atom. The van der Waals surface area contributed by atoms with E-state index in [4.69, 9.17) is 4.74 Å². The van der Waals surface area contributed by atoms with E-state index in [2.05, 4.69) is 27.9 Å². The van der Waals surface area contributed by atoms with Gasteiger partial charge in [0, 0.05) is 29.9 Å². The second-order valence-corrected chi connectivity index (χ2v) is 13.6. The molecule has 3 rings (SSSR count). The molecule has 0 aliphatic heterocycles. The van der Waals surface area contributed by atoms with Crippen LogP contribution in [0.5, 0.6) is 0 Å². The Bertz CT molecular complexity index is 1430. The fourth-order valence-corrected chi connectivity index (χ4v) is 5.78. The number of benzene rings is 2. The normalized spacial score (nSPS) is 13.2. The molecule has 0 aliphatic carbocycles. The number of amides is 3. The number of nitrogens with one attached hydrogen (secondary N) is 4. The summed E-state index contributed by atoms with van der Waals surface area (Å²) in [6, 6.07) is 14.5. The number of unbranched alkanes of at least 4 members (excludes halogenated alkanes) is 6. The largest absolute Gasteiger partial charge is 0.459 e. The van der Waals surface area contributed by atoms with Gasteiger partial charge in [-0.2, -0.15) is 0 Å². The van der Waals surface area contributed by atoms with Crippen LogP contribution in [0.1, 0.15) is 104 Å². The summed E-state index contributed by atoms with van der Waals surface area (Å²) < 4.78 is 5.54. The summed E-state index contributed by atoms with van der Waals surface area (Å²) in [5, 5.41) is 9.71. The van der Waals surface area contributed by atoms with Crippen molar-refractivity contribution in [2.75, 3.05) is 0 Å². The monoisotopic (exact) mass is 660 g/mol. The van der Waals surface area contributed by atoms with Crippen LogP contribution in [-0.2, 0) is 36.9 Å². The van der Waals surface area contributed by atoms with E-state index in [0.717, 1.165) is 41.3 Å². The van der Waals surface area contributed by atoms with Crippen molar-refractivity contribution in [2.24, 2.45) is 11.8 Å². The smallest absolute Gasteiger partial charge is 0.329 e. The molecule has 1 heterocycles. The van der Waals surface area contributed by atoms with Gasteiger partial charge >= 0.3 is 5.97 Å². The van der Waals surface area contributed by atoms with Crippen molar-refractivity contribution in [3.8, 4) is 0 Å². The zero-order valence-corrected chi connectivity index (χ0v) is 29.5. The highest BCUT2D eigenvalue weighted by molar-refractivity contribution is 5.94. The van der Waals surface area contributed by atoms with E-state index in [0.29, 0.717) is 12.8 Å². The lowest BCUT2D eigenvalue weighted by Gasteiger charge is -2.27. The molecule has 9 heteroatoms. The lowest BCUT2D eigenvalue weighted by atomic mass is 9.99. The molecule has 4 N–H and O–H groups in total. The van der Waals surface area contributed by atoms with E-state index in [-0.39, 0.29) is 30.8 Å². The number of carbonyl (C=O) groups is 4. The fourth-order valence-electron chi connectivity index (χ4n) is 5.78. The van der Waals surface area contributed by atoms with Crippen molar-refractivity contribution < 1.29 is 23.9 Å². The lowest BCUT2D eigenvalue weighted by molar-refractivity contribution is -0.150. The van der Waals surface area contributed by atoms with Gasteiger partial charge in [-0.05, 0) is 41.9 Å². The Kier molecular flexibility index (Phi) is 16.2. The Balaban J connectivity index is 1.71. The summed E-state index contributed by atoms with van der Waals surface area (Å²) in [6.45, 7) is 9.89. The van der Waals surface area contributed by atoms with Gasteiger partial charge in [0.2, 0.25) is 17.7 Å². The molecule has 0 saturated heterocycles. The Labute approximate surface area is 286 Å². The van der Waals surface area contributed by atoms with Crippen molar-refractivity contribution >= 4 is 34.6 Å². The van der Waals surface area contributed by atoms with Gasteiger partial charge in [-0.3, -0.25) is 14.4 Å². The molecular formula is C39H56N4O5. The number of hydrogen-bond acceptors (Lipinski definition) is 5. The zero-order valence-electron chi connectivity index (χ0n) is 29.5. The van der Waals surface area contributed by atoms with E-state index >= 15 is 0 Å². The van der Waals surface area contributed by atoms with Crippen LogP contribution < -0.4 is 16.0 Å². The van der Waals surface area contributed by atoms with Crippen molar-refractivity contribution in [3.05, 3.63) is 71.9 Å². The number of para-hydroxylation sites is 1. The van der Waals surface area contributed by atoms with Crippen LogP contribution in [0.25, 0.3) is 10.9 Å². The SMILES string of the molecule is CCCCCCCCCC(=O)NC(Cc1c[nH]c2ccccc12)C(=O)NC(CC(C)C)C(=O)NC(C(=O)OCc1ccccc1)C(C)C. The molecule has 0 aliphatic rings. The minimum atomic E-state index is -0.911. The highest BCUT2D eigenvalue weighted by Crippen LogP contribution is 2.20. The third-order valence-corrected chi connectivity index (χ3v) is 8.54. The molecule has 3 unspecified atom stereocenters. The van der Waals surface area contributed by atoms with Crippen LogP contribution in [-0.4, -0.2) is 46.8 Å². The topological polar surface area (TPSA) is 129 Å². The highest BCUT2D eigenvalue weighted by atomic mass is 16.5. The van der Waals surface area contributed by atoms with E-state index < -0.39 is 35.9 Å². The molecule has 0 fully saturated rings. The van der Waals surface area contributed by atoms with E-state index in [1.54, 1.807) is 0 Å². The second-order valence-electron chi connectivity index (χ2n) is 13.6. The van der Waals surface area contributed by atoms with Crippen LogP contribution in [0.4, 0.5) is 0 Å². The van der Waals surface area contributed by atoms with Crippen LogP contribution in [0.15, 0.2) is 60.8 Å². The first-order valence-electron chi connectivity index (χ1n) is 17.7. The lowest BCUT2D eigenvalue weighted by Crippen LogP contribution is -2.57. The molecule has 0 radical (unpaired) electrons. The number of fused-ring (bicyclic) bond motifs is 1. The predicted octanol–water partition coefficient (Wildman–Crippen LogP) is 6.75. The molecule has 0 bridgehead atoms. The average Bonchev–Trinajstić information content (AvgIpc) is 3.47. The molecule has 0 saturated carbocycles. The predicted molar refractivity (Wildman–Crippen MR) is 191 cm³/mol. The van der Waals surface area contributed by atoms with Gasteiger partial charge in [-0.1, -0.05) is 122 Å². The molecule has 262 valence electrons. The summed E-state index contributed by atoms with van der Waals surface area (Å²) in [5.74, 6) is -1.80. The van der Waals surface area contributed by atoms with Gasteiger partial charge in [0.25, 0.3) is 0 Å². The molecule has 1 aromatic heterocycles. The number of hydrogen-bond donors (Lipinski definition) is 4. The Morgan fingerprint density at radius 2 is 1.40 bits per heavy atom. The third kappa shape index (κ3) is 12.8. The first kappa shape index (κ1) is 38.3. The number of esters is 1. The van der Waals surface area contributed by atoms with Gasteiger partial charge < -0.3 is 25.7 Å². The summed E-state index contributed by atoms with van der Waals surface area (Å²) in [5.41, 5.74) is 2.68. The summed E-state index contributed by atoms with van der Waals surface area (Å²) in [4.78, 5) is 57.0. The maximum Gasteiger partial charge on any atom is 0.329 e. The molecular weight excluding hydrogens is 604 g/mol. The van der Waals surface area contributed by atoms with Gasteiger partial charge in [-0.25, -0.2) is 4.79 Å². The number of H-pyrrole nitrogens is 1. The standard InChI is InChI=1S/C39H56N4O5/c1-6-7-8-9-10-11-15-22-35(44)41-34(24-30-25-40-32-21-17-16-20-31(30)32)37(45)42-33(23-27(2)3)38(46)43-36(28(4)5)39(47)48-26-29-18-13-12-14-19-29/h12-14,16-21,25,27-28,33-34,36,40H,6-11,15,22-24,26H2,1-5H3,(H,41,44)(H,42,45)(H,43,46).